The molecule has 1 saturated heterocycles. The summed E-state index contributed by atoms with van der Waals surface area (Å²) in [5, 5.41) is 3.67. The Morgan fingerprint density at radius 1 is 1.12 bits per heavy atom. The summed E-state index contributed by atoms with van der Waals surface area (Å²) >= 11 is 0. The molecule has 1 aliphatic heterocycles. The number of nitrogens with one attached hydrogen (secondary N) is 1. The molecule has 94 valence electrons. The summed E-state index contributed by atoms with van der Waals surface area (Å²) in [5.41, 5.74) is 3.91. The molecule has 2 rings (SSSR count). The van der Waals surface area contributed by atoms with Crippen LogP contribution in [-0.2, 0) is 4.74 Å². The highest BCUT2D eigenvalue weighted by molar-refractivity contribution is 5.53. The predicted octanol–water partition coefficient (Wildman–Crippen LogP) is 3.67. The van der Waals surface area contributed by atoms with Crippen LogP contribution < -0.4 is 5.32 Å². The molecule has 2 unspecified atom stereocenters. The molecule has 0 aliphatic carbocycles. The lowest BCUT2D eigenvalue weighted by atomic mass is 9.99. The molecule has 0 radical (unpaired) electrons. The van der Waals surface area contributed by atoms with E-state index in [4.69, 9.17) is 4.74 Å². The van der Waals surface area contributed by atoms with E-state index in [9.17, 15) is 0 Å². The van der Waals surface area contributed by atoms with Gasteiger partial charge in [-0.2, -0.15) is 0 Å². The Morgan fingerprint density at radius 2 is 1.76 bits per heavy atom. The van der Waals surface area contributed by atoms with E-state index in [0.29, 0.717) is 18.2 Å². The quantitative estimate of drug-likeness (QED) is 0.841. The zero-order valence-corrected chi connectivity index (χ0v) is 11.3. The van der Waals surface area contributed by atoms with Crippen LogP contribution in [0.5, 0.6) is 0 Å². The van der Waals surface area contributed by atoms with Crippen molar-refractivity contribution in [2.24, 2.45) is 0 Å². The van der Waals surface area contributed by atoms with Gasteiger partial charge >= 0.3 is 0 Å². The van der Waals surface area contributed by atoms with Gasteiger partial charge in [0.15, 0.2) is 0 Å². The molecular weight excluding hydrogens is 210 g/mol. The molecule has 1 aliphatic rings. The molecule has 17 heavy (non-hydrogen) atoms. The van der Waals surface area contributed by atoms with Crippen LogP contribution in [0.25, 0.3) is 0 Å². The second-order valence-corrected chi connectivity index (χ2v) is 5.39. The fraction of sp³-hybridized carbons (Fsp3) is 0.600. The van der Waals surface area contributed by atoms with E-state index in [2.05, 4.69) is 51.2 Å². The number of benzene rings is 1. The van der Waals surface area contributed by atoms with Gasteiger partial charge in [-0.1, -0.05) is 12.1 Å². The Labute approximate surface area is 104 Å². The third-order valence-corrected chi connectivity index (χ3v) is 3.45. The average molecular weight is 233 g/mol. The fourth-order valence-electron chi connectivity index (χ4n) is 2.63. The largest absolute Gasteiger partial charge is 0.382 e. The Bertz CT molecular complexity index is 379. The van der Waals surface area contributed by atoms with Crippen molar-refractivity contribution < 1.29 is 4.74 Å². The summed E-state index contributed by atoms with van der Waals surface area (Å²) in [7, 11) is 0. The summed E-state index contributed by atoms with van der Waals surface area (Å²) in [6.07, 6.45) is 2.91. The maximum atomic E-state index is 5.77. The van der Waals surface area contributed by atoms with E-state index in [0.717, 1.165) is 12.8 Å². The molecule has 2 atom stereocenters. The number of aryl methyl sites for hydroxylation is 2. The summed E-state index contributed by atoms with van der Waals surface area (Å²) in [6, 6.07) is 7.12. The molecule has 1 heterocycles. The number of hydrogen-bond donors (Lipinski definition) is 1. The lowest BCUT2D eigenvalue weighted by Crippen LogP contribution is -2.37. The minimum Gasteiger partial charge on any atom is -0.382 e. The van der Waals surface area contributed by atoms with Crippen LogP contribution >= 0.6 is 0 Å². The van der Waals surface area contributed by atoms with Gasteiger partial charge in [0.1, 0.15) is 0 Å². The highest BCUT2D eigenvalue weighted by Gasteiger charge is 2.24. The van der Waals surface area contributed by atoms with Crippen LogP contribution in [0.1, 0.15) is 37.8 Å². The molecule has 1 N–H and O–H groups in total. The Balaban J connectivity index is 2.07. The Kier molecular flexibility index (Phi) is 3.72. The van der Waals surface area contributed by atoms with Crippen molar-refractivity contribution in [1.82, 2.24) is 0 Å². The first-order valence-electron chi connectivity index (χ1n) is 6.54. The van der Waals surface area contributed by atoms with E-state index < -0.39 is 0 Å². The molecule has 1 aromatic rings. The topological polar surface area (TPSA) is 21.3 Å². The van der Waals surface area contributed by atoms with E-state index in [1.54, 1.807) is 0 Å². The molecule has 0 aromatic heterocycles. The van der Waals surface area contributed by atoms with Crippen molar-refractivity contribution in [3.63, 3.8) is 0 Å². The van der Waals surface area contributed by atoms with Crippen molar-refractivity contribution in [2.75, 3.05) is 5.32 Å². The fourth-order valence-corrected chi connectivity index (χ4v) is 2.63. The minimum absolute atomic E-state index is 0.362. The van der Waals surface area contributed by atoms with Gasteiger partial charge in [0.2, 0.25) is 0 Å². The summed E-state index contributed by atoms with van der Waals surface area (Å²) in [6.45, 7) is 8.62. The Morgan fingerprint density at radius 3 is 2.41 bits per heavy atom. The third kappa shape index (κ3) is 3.22. The van der Waals surface area contributed by atoms with Gasteiger partial charge < -0.3 is 10.1 Å². The molecule has 2 heteroatoms. The molecule has 0 bridgehead atoms. The second-order valence-electron chi connectivity index (χ2n) is 5.39. The van der Waals surface area contributed by atoms with Crippen LogP contribution in [0.3, 0.4) is 0 Å². The highest BCUT2D eigenvalue weighted by Crippen LogP contribution is 2.24. The predicted molar refractivity (Wildman–Crippen MR) is 72.6 cm³/mol. The van der Waals surface area contributed by atoms with Gasteiger partial charge in [-0.15, -0.1) is 0 Å². The molecule has 1 fully saturated rings. The first-order valence-corrected chi connectivity index (χ1v) is 6.54. The van der Waals surface area contributed by atoms with Gasteiger partial charge in [0.05, 0.1) is 12.2 Å². The zero-order chi connectivity index (χ0) is 12.4. The van der Waals surface area contributed by atoms with Gasteiger partial charge in [-0.3, -0.25) is 0 Å². The van der Waals surface area contributed by atoms with Gasteiger partial charge in [-0.25, -0.2) is 0 Å². The molecule has 0 amide bonds. The number of ether oxygens (including phenoxy) is 1. The van der Waals surface area contributed by atoms with Crippen LogP contribution in [0.4, 0.5) is 5.69 Å². The van der Waals surface area contributed by atoms with E-state index in [1.807, 2.05) is 0 Å². The van der Waals surface area contributed by atoms with Crippen molar-refractivity contribution in [1.29, 1.82) is 0 Å². The summed E-state index contributed by atoms with van der Waals surface area (Å²) < 4.78 is 5.77. The van der Waals surface area contributed by atoms with Gasteiger partial charge in [0.25, 0.3) is 0 Å². The lowest BCUT2D eigenvalue weighted by molar-refractivity contribution is -0.0337. The van der Waals surface area contributed by atoms with Crippen LogP contribution in [-0.4, -0.2) is 18.2 Å². The third-order valence-electron chi connectivity index (χ3n) is 3.45. The first kappa shape index (κ1) is 12.4. The van der Waals surface area contributed by atoms with Gasteiger partial charge in [-0.05, 0) is 57.7 Å². The smallest absolute Gasteiger partial charge is 0.0570 e. The monoisotopic (exact) mass is 233 g/mol. The zero-order valence-electron chi connectivity index (χ0n) is 11.3. The van der Waals surface area contributed by atoms with Crippen molar-refractivity contribution in [3.8, 4) is 0 Å². The van der Waals surface area contributed by atoms with Crippen molar-refractivity contribution >= 4 is 5.69 Å². The van der Waals surface area contributed by atoms with E-state index >= 15 is 0 Å². The minimum atomic E-state index is 0.362. The van der Waals surface area contributed by atoms with E-state index in [1.165, 1.54) is 16.8 Å². The maximum absolute atomic E-state index is 5.77. The highest BCUT2D eigenvalue weighted by atomic mass is 16.5. The second kappa shape index (κ2) is 5.09. The number of anilines is 1. The standard InChI is InChI=1S/C15H23NO/c1-10-5-6-11(2)15(7-10)16-14-8-12(3)17-13(4)9-14/h5-7,12-14,16H,8-9H2,1-4H3. The average Bonchev–Trinajstić information content (AvgIpc) is 2.22. The van der Waals surface area contributed by atoms with Crippen molar-refractivity contribution in [3.05, 3.63) is 29.3 Å². The molecule has 0 spiro atoms. The molecule has 0 saturated carbocycles. The molecular formula is C15H23NO. The van der Waals surface area contributed by atoms with E-state index in [-0.39, 0.29) is 0 Å². The SMILES string of the molecule is Cc1ccc(C)c(NC2CC(C)OC(C)C2)c1. The normalized spacial score (nSPS) is 29.1. The van der Waals surface area contributed by atoms with Crippen LogP contribution in [0.2, 0.25) is 0 Å². The number of hydrogen-bond acceptors (Lipinski definition) is 2. The number of rotatable bonds is 2. The first-order chi connectivity index (χ1) is 8.04. The van der Waals surface area contributed by atoms with Gasteiger partial charge in [0, 0.05) is 11.7 Å². The van der Waals surface area contributed by atoms with Crippen molar-refractivity contribution in [2.45, 2.75) is 58.8 Å². The lowest BCUT2D eigenvalue weighted by Gasteiger charge is -2.33. The maximum Gasteiger partial charge on any atom is 0.0570 e. The molecule has 2 nitrogen and oxygen atoms in total. The van der Waals surface area contributed by atoms with Crippen LogP contribution in [0, 0.1) is 13.8 Å². The van der Waals surface area contributed by atoms with Crippen LogP contribution in [0.15, 0.2) is 18.2 Å². The summed E-state index contributed by atoms with van der Waals surface area (Å²) in [4.78, 5) is 0. The molecule has 1 aromatic carbocycles. The summed E-state index contributed by atoms with van der Waals surface area (Å²) in [5.74, 6) is 0. The Hall–Kier alpha value is -1.02.